The largest absolute Gasteiger partial charge is 0.349 e. The maximum Gasteiger partial charge on any atom is 0.264 e. The van der Waals surface area contributed by atoms with Crippen molar-refractivity contribution in [3.05, 3.63) is 94.4 Å². The van der Waals surface area contributed by atoms with Crippen molar-refractivity contribution in [2.24, 2.45) is 0 Å². The molecular weight excluding hydrogens is 512 g/mol. The van der Waals surface area contributed by atoms with E-state index in [1.807, 2.05) is 67.6 Å². The summed E-state index contributed by atoms with van der Waals surface area (Å²) >= 11 is 3.08. The summed E-state index contributed by atoms with van der Waals surface area (Å²) in [5.74, 6) is 0.756. The minimum atomic E-state index is -0.171. The number of thioether (sulfide) groups is 1. The molecule has 4 aromatic rings. The highest BCUT2D eigenvalue weighted by Crippen LogP contribution is 2.34. The Bertz CT molecular complexity index is 1430. The van der Waals surface area contributed by atoms with Crippen LogP contribution < -0.4 is 16.0 Å². The van der Waals surface area contributed by atoms with E-state index in [4.69, 9.17) is 4.98 Å². The highest BCUT2D eigenvalue weighted by molar-refractivity contribution is 7.99. The van der Waals surface area contributed by atoms with Gasteiger partial charge in [0.05, 0.1) is 5.69 Å². The summed E-state index contributed by atoms with van der Waals surface area (Å²) in [7, 11) is 0. The fourth-order valence-electron chi connectivity index (χ4n) is 3.97. The molecule has 0 saturated heterocycles. The Morgan fingerprint density at radius 2 is 1.76 bits per heavy atom. The highest BCUT2D eigenvalue weighted by Gasteiger charge is 2.24. The molecule has 0 atom stereocenters. The smallest absolute Gasteiger partial charge is 0.264 e. The van der Waals surface area contributed by atoms with Gasteiger partial charge in [0.25, 0.3) is 11.8 Å². The molecule has 1 fully saturated rings. The summed E-state index contributed by atoms with van der Waals surface area (Å²) in [5, 5.41) is 10.0. The molecule has 0 radical (unpaired) electrons. The molecule has 1 aliphatic carbocycles. The van der Waals surface area contributed by atoms with E-state index in [-0.39, 0.29) is 11.8 Å². The Labute approximate surface area is 231 Å². The minimum Gasteiger partial charge on any atom is -0.349 e. The number of carbonyl (C=O) groups excluding carboxylic acids is 2. The van der Waals surface area contributed by atoms with Crippen LogP contribution in [0, 0.1) is 6.92 Å². The van der Waals surface area contributed by atoms with E-state index in [0.717, 1.165) is 41.0 Å². The maximum absolute atomic E-state index is 13.3. The van der Waals surface area contributed by atoms with E-state index >= 15 is 0 Å². The van der Waals surface area contributed by atoms with Gasteiger partial charge in [0.2, 0.25) is 0 Å². The lowest BCUT2D eigenvalue weighted by Gasteiger charge is -2.10. The lowest BCUT2D eigenvalue weighted by Crippen LogP contribution is -2.25. The molecule has 0 unspecified atom stereocenters. The second kappa shape index (κ2) is 11.8. The molecule has 5 rings (SSSR count). The first kappa shape index (κ1) is 26.0. The zero-order valence-corrected chi connectivity index (χ0v) is 23.0. The van der Waals surface area contributed by atoms with Crippen molar-refractivity contribution in [3.8, 4) is 11.3 Å². The second-order valence-electron chi connectivity index (χ2n) is 9.22. The molecule has 0 bridgehead atoms. The first-order valence-electron chi connectivity index (χ1n) is 12.7. The Morgan fingerprint density at radius 1 is 1.00 bits per heavy atom. The van der Waals surface area contributed by atoms with Crippen LogP contribution in [-0.4, -0.2) is 28.6 Å². The van der Waals surface area contributed by atoms with Gasteiger partial charge in [-0.2, -0.15) is 0 Å². The van der Waals surface area contributed by atoms with Crippen molar-refractivity contribution in [1.82, 2.24) is 15.6 Å². The number of benzene rings is 3. The Morgan fingerprint density at radius 3 is 2.47 bits per heavy atom. The molecular formula is C30H30N4O2S2. The van der Waals surface area contributed by atoms with Crippen LogP contribution in [0.4, 0.5) is 10.8 Å². The van der Waals surface area contributed by atoms with Gasteiger partial charge < -0.3 is 16.0 Å². The van der Waals surface area contributed by atoms with Crippen molar-refractivity contribution >= 4 is 45.7 Å². The number of nitrogens with zero attached hydrogens (tertiary/aromatic N) is 1. The van der Waals surface area contributed by atoms with Crippen molar-refractivity contribution < 1.29 is 9.59 Å². The summed E-state index contributed by atoms with van der Waals surface area (Å²) in [6, 6.07) is 23.9. The average Bonchev–Trinajstić information content (AvgIpc) is 3.65. The van der Waals surface area contributed by atoms with Crippen LogP contribution in [0.15, 0.2) is 77.7 Å². The van der Waals surface area contributed by atoms with Gasteiger partial charge in [-0.15, -0.1) is 11.8 Å². The average molecular weight is 543 g/mol. The predicted octanol–water partition coefficient (Wildman–Crippen LogP) is 6.80. The summed E-state index contributed by atoms with van der Waals surface area (Å²) in [6.07, 6.45) is 2.08. The molecule has 6 nitrogen and oxygen atoms in total. The first-order valence-corrected chi connectivity index (χ1v) is 14.5. The van der Waals surface area contributed by atoms with Crippen LogP contribution in [0.5, 0.6) is 0 Å². The van der Waals surface area contributed by atoms with Crippen molar-refractivity contribution in [1.29, 1.82) is 0 Å². The van der Waals surface area contributed by atoms with Crippen LogP contribution in [0.3, 0.4) is 0 Å². The summed E-state index contributed by atoms with van der Waals surface area (Å²) in [5.41, 5.74) is 4.93. The first-order chi connectivity index (χ1) is 18.5. The molecule has 0 spiro atoms. The third kappa shape index (κ3) is 6.44. The number of nitrogens with one attached hydrogen (secondary N) is 3. The maximum atomic E-state index is 13.3. The second-order valence-corrected chi connectivity index (χ2v) is 11.6. The van der Waals surface area contributed by atoms with Gasteiger partial charge in [0, 0.05) is 34.3 Å². The number of anilines is 2. The van der Waals surface area contributed by atoms with Gasteiger partial charge in [-0.25, -0.2) is 4.98 Å². The number of thiazole rings is 1. The lowest BCUT2D eigenvalue weighted by atomic mass is 10.1. The van der Waals surface area contributed by atoms with E-state index in [9.17, 15) is 9.59 Å². The van der Waals surface area contributed by atoms with Gasteiger partial charge in [0.15, 0.2) is 5.13 Å². The number of hydrogen-bond donors (Lipinski definition) is 3. The van der Waals surface area contributed by atoms with Crippen LogP contribution in [0.2, 0.25) is 0 Å². The number of amides is 2. The molecule has 1 heterocycles. The molecule has 1 saturated carbocycles. The molecule has 1 aliphatic rings. The van der Waals surface area contributed by atoms with Crippen LogP contribution in [0.25, 0.3) is 11.3 Å². The standard InChI is InChI=1S/C30H30N4O2S2/c1-3-37-24-15-11-21(12-16-24)26-27(29(36)31-18-20-7-5-4-6-8-20)38-30(34-26)33-25-17-22(10-9-19(25)2)28(35)32-23-13-14-23/h4-12,15-17,23H,3,13-14,18H2,1-2H3,(H,31,36)(H,32,35)(H,33,34). The molecule has 3 aromatic carbocycles. The number of hydrogen-bond acceptors (Lipinski definition) is 6. The number of aromatic nitrogens is 1. The van der Waals surface area contributed by atoms with Crippen molar-refractivity contribution in [2.45, 2.75) is 44.2 Å². The van der Waals surface area contributed by atoms with Crippen LogP contribution >= 0.6 is 23.1 Å². The van der Waals surface area contributed by atoms with Crippen molar-refractivity contribution in [2.75, 3.05) is 11.1 Å². The van der Waals surface area contributed by atoms with Gasteiger partial charge >= 0.3 is 0 Å². The van der Waals surface area contributed by atoms with E-state index in [1.54, 1.807) is 11.8 Å². The topological polar surface area (TPSA) is 83.1 Å². The van der Waals surface area contributed by atoms with Gasteiger partial charge in [-0.05, 0) is 60.9 Å². The number of rotatable bonds is 10. The summed E-state index contributed by atoms with van der Waals surface area (Å²) in [4.78, 5) is 32.5. The molecule has 2 amide bonds. The third-order valence-corrected chi connectivity index (χ3v) is 8.09. The summed E-state index contributed by atoms with van der Waals surface area (Å²) in [6.45, 7) is 4.54. The van der Waals surface area contributed by atoms with Gasteiger partial charge in [0.1, 0.15) is 4.88 Å². The van der Waals surface area contributed by atoms with Gasteiger partial charge in [-0.1, -0.05) is 66.8 Å². The molecule has 3 N–H and O–H groups in total. The van der Waals surface area contributed by atoms with E-state index < -0.39 is 0 Å². The molecule has 38 heavy (non-hydrogen) atoms. The van der Waals surface area contributed by atoms with Crippen LogP contribution in [-0.2, 0) is 6.54 Å². The molecule has 194 valence electrons. The SMILES string of the molecule is CCSc1ccc(-c2nc(Nc3cc(C(=O)NC4CC4)ccc3C)sc2C(=O)NCc2ccccc2)cc1. The highest BCUT2D eigenvalue weighted by atomic mass is 32.2. The molecule has 8 heteroatoms. The third-order valence-electron chi connectivity index (χ3n) is 6.22. The number of aryl methyl sites for hydroxylation is 1. The van der Waals surface area contributed by atoms with Gasteiger partial charge in [-0.3, -0.25) is 9.59 Å². The molecule has 1 aromatic heterocycles. The normalized spacial score (nSPS) is 12.7. The fourth-order valence-corrected chi connectivity index (χ4v) is 5.55. The Kier molecular flexibility index (Phi) is 8.10. The quantitative estimate of drug-likeness (QED) is 0.192. The number of carbonyl (C=O) groups is 2. The zero-order chi connectivity index (χ0) is 26.5. The Balaban J connectivity index is 1.42. The summed E-state index contributed by atoms with van der Waals surface area (Å²) < 4.78 is 0. The Hall–Kier alpha value is -3.62. The van der Waals surface area contributed by atoms with E-state index in [1.165, 1.54) is 16.2 Å². The molecule has 0 aliphatic heterocycles. The minimum absolute atomic E-state index is 0.0682. The zero-order valence-electron chi connectivity index (χ0n) is 21.4. The lowest BCUT2D eigenvalue weighted by molar-refractivity contribution is 0.0944. The van der Waals surface area contributed by atoms with Crippen LogP contribution in [0.1, 0.15) is 50.9 Å². The monoisotopic (exact) mass is 542 g/mol. The predicted molar refractivity (Wildman–Crippen MR) is 157 cm³/mol. The van der Waals surface area contributed by atoms with E-state index in [0.29, 0.717) is 33.9 Å². The van der Waals surface area contributed by atoms with Crippen molar-refractivity contribution in [3.63, 3.8) is 0 Å². The van der Waals surface area contributed by atoms with E-state index in [2.05, 4.69) is 35.0 Å². The fraction of sp³-hybridized carbons (Fsp3) is 0.233.